The predicted octanol–water partition coefficient (Wildman–Crippen LogP) is 0.829. The number of aliphatic hydroxyl groups excluding tert-OH is 1. The molecule has 0 aromatic heterocycles. The SMILES string of the molecule is CONC(=O)C1CCC(CCNC(C)C)CC1O. The average Bonchev–Trinajstić information content (AvgIpc) is 2.28. The van der Waals surface area contributed by atoms with Crippen molar-refractivity contribution in [1.82, 2.24) is 10.8 Å². The Morgan fingerprint density at radius 2 is 2.17 bits per heavy atom. The van der Waals surface area contributed by atoms with Crippen LogP contribution in [0.3, 0.4) is 0 Å². The smallest absolute Gasteiger partial charge is 0.249 e. The summed E-state index contributed by atoms with van der Waals surface area (Å²) in [5, 5.41) is 13.4. The van der Waals surface area contributed by atoms with E-state index in [1.807, 2.05) is 0 Å². The standard InChI is InChI=1S/C13H26N2O3/c1-9(2)14-7-6-10-4-5-11(12(16)8-10)13(17)15-18-3/h9-12,14,16H,4-8H2,1-3H3,(H,15,17). The molecule has 3 atom stereocenters. The zero-order valence-electron chi connectivity index (χ0n) is 11.6. The fourth-order valence-electron chi connectivity index (χ4n) is 2.55. The van der Waals surface area contributed by atoms with Gasteiger partial charge in [-0.3, -0.25) is 9.63 Å². The van der Waals surface area contributed by atoms with Gasteiger partial charge in [0, 0.05) is 6.04 Å². The minimum Gasteiger partial charge on any atom is -0.392 e. The molecular weight excluding hydrogens is 232 g/mol. The maximum absolute atomic E-state index is 11.6. The Morgan fingerprint density at radius 1 is 1.44 bits per heavy atom. The topological polar surface area (TPSA) is 70.6 Å². The van der Waals surface area contributed by atoms with Crippen molar-refractivity contribution in [3.8, 4) is 0 Å². The van der Waals surface area contributed by atoms with Gasteiger partial charge < -0.3 is 10.4 Å². The molecule has 0 radical (unpaired) electrons. The lowest BCUT2D eigenvalue weighted by Gasteiger charge is -2.32. The van der Waals surface area contributed by atoms with Crippen LogP contribution < -0.4 is 10.8 Å². The first kappa shape index (κ1) is 15.4. The summed E-state index contributed by atoms with van der Waals surface area (Å²) in [7, 11) is 1.41. The van der Waals surface area contributed by atoms with Gasteiger partial charge in [-0.25, -0.2) is 5.48 Å². The average molecular weight is 258 g/mol. The molecule has 1 fully saturated rings. The Balaban J connectivity index is 2.29. The molecule has 0 aliphatic heterocycles. The van der Waals surface area contributed by atoms with Gasteiger partial charge in [0.25, 0.3) is 0 Å². The van der Waals surface area contributed by atoms with Crippen LogP contribution in [0.2, 0.25) is 0 Å². The number of hydrogen-bond donors (Lipinski definition) is 3. The van der Waals surface area contributed by atoms with Crippen molar-refractivity contribution in [3.63, 3.8) is 0 Å². The first-order valence-corrected chi connectivity index (χ1v) is 6.78. The van der Waals surface area contributed by atoms with Gasteiger partial charge in [0.1, 0.15) is 0 Å². The highest BCUT2D eigenvalue weighted by atomic mass is 16.6. The number of hydroxylamine groups is 1. The summed E-state index contributed by atoms with van der Waals surface area (Å²) in [5.41, 5.74) is 2.31. The molecule has 0 aromatic carbocycles. The maximum Gasteiger partial charge on any atom is 0.249 e. The fourth-order valence-corrected chi connectivity index (χ4v) is 2.55. The van der Waals surface area contributed by atoms with Crippen LogP contribution in [0.5, 0.6) is 0 Å². The Labute approximate surface area is 109 Å². The van der Waals surface area contributed by atoms with Crippen molar-refractivity contribution >= 4 is 5.91 Å². The minimum absolute atomic E-state index is 0.205. The summed E-state index contributed by atoms with van der Waals surface area (Å²) < 4.78 is 0. The first-order valence-electron chi connectivity index (χ1n) is 6.78. The van der Waals surface area contributed by atoms with E-state index in [-0.39, 0.29) is 11.8 Å². The second kappa shape index (κ2) is 7.71. The van der Waals surface area contributed by atoms with Crippen molar-refractivity contribution in [2.45, 2.75) is 51.7 Å². The lowest BCUT2D eigenvalue weighted by molar-refractivity contribution is -0.141. The molecule has 3 N–H and O–H groups in total. The minimum atomic E-state index is -0.544. The summed E-state index contributed by atoms with van der Waals surface area (Å²) in [6.07, 6.45) is 2.97. The molecule has 0 heterocycles. The molecule has 5 heteroatoms. The Morgan fingerprint density at radius 3 is 2.72 bits per heavy atom. The van der Waals surface area contributed by atoms with Crippen LogP contribution in [0.4, 0.5) is 0 Å². The highest BCUT2D eigenvalue weighted by Gasteiger charge is 2.33. The second-order valence-corrected chi connectivity index (χ2v) is 5.42. The highest BCUT2D eigenvalue weighted by molar-refractivity contribution is 5.78. The largest absolute Gasteiger partial charge is 0.392 e. The molecule has 0 bridgehead atoms. The van der Waals surface area contributed by atoms with Gasteiger partial charge in [-0.1, -0.05) is 13.8 Å². The molecule has 1 aliphatic carbocycles. The third-order valence-corrected chi connectivity index (χ3v) is 3.57. The number of aliphatic hydroxyl groups is 1. The molecule has 106 valence electrons. The van der Waals surface area contributed by atoms with Crippen LogP contribution in [0.25, 0.3) is 0 Å². The third kappa shape index (κ3) is 4.92. The van der Waals surface area contributed by atoms with E-state index in [9.17, 15) is 9.90 Å². The summed E-state index contributed by atoms with van der Waals surface area (Å²) >= 11 is 0. The monoisotopic (exact) mass is 258 g/mol. The number of carbonyl (C=O) groups is 1. The van der Waals surface area contributed by atoms with E-state index in [1.54, 1.807) is 0 Å². The van der Waals surface area contributed by atoms with Crippen LogP contribution in [0.1, 0.15) is 39.5 Å². The zero-order valence-corrected chi connectivity index (χ0v) is 11.6. The molecule has 1 saturated carbocycles. The molecule has 5 nitrogen and oxygen atoms in total. The fraction of sp³-hybridized carbons (Fsp3) is 0.923. The van der Waals surface area contributed by atoms with Gasteiger partial charge in [0.15, 0.2) is 0 Å². The molecular formula is C13H26N2O3. The highest BCUT2D eigenvalue weighted by Crippen LogP contribution is 2.31. The van der Waals surface area contributed by atoms with Gasteiger partial charge in [-0.2, -0.15) is 0 Å². The summed E-state index contributed by atoms with van der Waals surface area (Å²) in [6, 6.07) is 0.499. The van der Waals surface area contributed by atoms with Crippen molar-refractivity contribution in [3.05, 3.63) is 0 Å². The van der Waals surface area contributed by atoms with E-state index in [0.29, 0.717) is 18.4 Å². The van der Waals surface area contributed by atoms with E-state index in [4.69, 9.17) is 0 Å². The van der Waals surface area contributed by atoms with E-state index in [2.05, 4.69) is 29.5 Å². The van der Waals surface area contributed by atoms with Crippen LogP contribution in [0.15, 0.2) is 0 Å². The normalized spacial score (nSPS) is 28.4. The zero-order chi connectivity index (χ0) is 13.5. The molecule has 0 aromatic rings. The number of rotatable bonds is 6. The molecule has 1 aliphatic rings. The molecule has 18 heavy (non-hydrogen) atoms. The van der Waals surface area contributed by atoms with Crippen molar-refractivity contribution < 1.29 is 14.7 Å². The molecule has 0 saturated heterocycles. The second-order valence-electron chi connectivity index (χ2n) is 5.42. The van der Waals surface area contributed by atoms with Crippen LogP contribution >= 0.6 is 0 Å². The Hall–Kier alpha value is -0.650. The molecule has 1 rings (SSSR count). The summed E-state index contributed by atoms with van der Waals surface area (Å²) in [6.45, 7) is 5.23. The number of hydrogen-bond acceptors (Lipinski definition) is 4. The van der Waals surface area contributed by atoms with Gasteiger partial charge >= 0.3 is 0 Å². The number of amides is 1. The van der Waals surface area contributed by atoms with E-state index in [1.165, 1.54) is 7.11 Å². The molecule has 1 amide bonds. The van der Waals surface area contributed by atoms with Crippen molar-refractivity contribution in [1.29, 1.82) is 0 Å². The van der Waals surface area contributed by atoms with Gasteiger partial charge in [0.2, 0.25) is 5.91 Å². The van der Waals surface area contributed by atoms with Gasteiger partial charge in [-0.15, -0.1) is 0 Å². The van der Waals surface area contributed by atoms with E-state index in [0.717, 1.165) is 25.8 Å². The van der Waals surface area contributed by atoms with Crippen LogP contribution in [0, 0.1) is 11.8 Å². The predicted molar refractivity (Wildman–Crippen MR) is 69.7 cm³/mol. The van der Waals surface area contributed by atoms with E-state index >= 15 is 0 Å². The lowest BCUT2D eigenvalue weighted by atomic mass is 9.78. The first-order chi connectivity index (χ1) is 8.54. The van der Waals surface area contributed by atoms with Gasteiger partial charge in [0.05, 0.1) is 19.1 Å². The number of carbonyl (C=O) groups excluding carboxylic acids is 1. The Bertz CT molecular complexity index is 259. The quantitative estimate of drug-likeness (QED) is 0.617. The number of nitrogens with one attached hydrogen (secondary N) is 2. The van der Waals surface area contributed by atoms with Crippen LogP contribution in [-0.4, -0.2) is 36.8 Å². The Kier molecular flexibility index (Phi) is 6.60. The van der Waals surface area contributed by atoms with Crippen molar-refractivity contribution in [2.75, 3.05) is 13.7 Å². The summed E-state index contributed by atoms with van der Waals surface area (Å²) in [4.78, 5) is 16.2. The molecule has 3 unspecified atom stereocenters. The third-order valence-electron chi connectivity index (χ3n) is 3.57. The summed E-state index contributed by atoms with van der Waals surface area (Å²) in [5.74, 6) is -0.0131. The maximum atomic E-state index is 11.6. The van der Waals surface area contributed by atoms with Crippen LogP contribution in [-0.2, 0) is 9.63 Å². The lowest BCUT2D eigenvalue weighted by Crippen LogP contribution is -2.41. The molecule has 0 spiro atoms. The van der Waals surface area contributed by atoms with E-state index < -0.39 is 6.10 Å². The van der Waals surface area contributed by atoms with Crippen molar-refractivity contribution in [2.24, 2.45) is 11.8 Å². The van der Waals surface area contributed by atoms with Gasteiger partial charge in [-0.05, 0) is 38.1 Å².